The minimum Gasteiger partial charge on any atom is -0.463 e. The molecule has 0 amide bonds. The quantitative estimate of drug-likeness (QED) is 0.773. The van der Waals surface area contributed by atoms with Crippen LogP contribution >= 0.6 is 0 Å². The van der Waals surface area contributed by atoms with Crippen molar-refractivity contribution in [3.63, 3.8) is 0 Å². The van der Waals surface area contributed by atoms with Gasteiger partial charge in [0.05, 0.1) is 13.1 Å². The van der Waals surface area contributed by atoms with Gasteiger partial charge >= 0.3 is 0 Å². The Labute approximate surface area is 122 Å². The second kappa shape index (κ2) is 6.74. The van der Waals surface area contributed by atoms with E-state index >= 15 is 0 Å². The van der Waals surface area contributed by atoms with Crippen LogP contribution in [-0.2, 0) is 13.1 Å². The van der Waals surface area contributed by atoms with Crippen molar-refractivity contribution in [2.45, 2.75) is 45.3 Å². The second-order valence-corrected chi connectivity index (χ2v) is 6.09. The maximum Gasteiger partial charge on any atom is 0.118 e. The number of furan rings is 1. The molecule has 2 heterocycles. The number of rotatable bonds is 7. The number of nitrogens with one attached hydrogen (secondary N) is 1. The summed E-state index contributed by atoms with van der Waals surface area (Å²) in [5.41, 5.74) is 0. The number of piperazine rings is 1. The Bertz CT molecular complexity index is 406. The maximum atomic E-state index is 5.90. The van der Waals surface area contributed by atoms with Gasteiger partial charge in [0.25, 0.3) is 0 Å². The van der Waals surface area contributed by atoms with Crippen LogP contribution in [0, 0.1) is 0 Å². The molecule has 1 aromatic rings. The van der Waals surface area contributed by atoms with Gasteiger partial charge in [-0.3, -0.25) is 9.80 Å². The summed E-state index contributed by atoms with van der Waals surface area (Å²) in [6, 6.07) is 5.16. The molecule has 4 heteroatoms. The molecule has 1 N–H and O–H groups in total. The predicted octanol–water partition coefficient (Wildman–Crippen LogP) is 2.06. The van der Waals surface area contributed by atoms with Gasteiger partial charge in [0.15, 0.2) is 0 Å². The molecule has 1 saturated heterocycles. The summed E-state index contributed by atoms with van der Waals surface area (Å²) < 4.78 is 5.90. The second-order valence-electron chi connectivity index (χ2n) is 6.09. The van der Waals surface area contributed by atoms with Gasteiger partial charge in [-0.1, -0.05) is 6.92 Å². The average molecular weight is 277 g/mol. The SMILES string of the molecule is CCCNCc1ccc(CN2CCN(C3CC3)CC2)o1. The van der Waals surface area contributed by atoms with Crippen LogP contribution in [0.15, 0.2) is 16.5 Å². The zero-order valence-corrected chi connectivity index (χ0v) is 12.6. The van der Waals surface area contributed by atoms with Crippen LogP contribution in [-0.4, -0.2) is 48.6 Å². The Morgan fingerprint density at radius 1 is 1.15 bits per heavy atom. The Hall–Kier alpha value is -0.840. The van der Waals surface area contributed by atoms with Crippen LogP contribution < -0.4 is 5.32 Å². The first-order valence-corrected chi connectivity index (χ1v) is 8.10. The summed E-state index contributed by atoms with van der Waals surface area (Å²) >= 11 is 0. The van der Waals surface area contributed by atoms with Crippen molar-refractivity contribution < 1.29 is 4.42 Å². The van der Waals surface area contributed by atoms with E-state index in [-0.39, 0.29) is 0 Å². The fourth-order valence-corrected chi connectivity index (χ4v) is 2.94. The van der Waals surface area contributed by atoms with Crippen molar-refractivity contribution in [2.75, 3.05) is 32.7 Å². The highest BCUT2D eigenvalue weighted by Crippen LogP contribution is 2.27. The number of hydrogen-bond donors (Lipinski definition) is 1. The highest BCUT2D eigenvalue weighted by Gasteiger charge is 2.31. The third kappa shape index (κ3) is 3.84. The van der Waals surface area contributed by atoms with Gasteiger partial charge in [0.1, 0.15) is 11.5 Å². The van der Waals surface area contributed by atoms with Crippen molar-refractivity contribution >= 4 is 0 Å². The number of nitrogens with zero attached hydrogens (tertiary/aromatic N) is 2. The minimum absolute atomic E-state index is 0.850. The molecule has 112 valence electrons. The molecule has 0 radical (unpaired) electrons. The molecule has 0 unspecified atom stereocenters. The first-order chi connectivity index (χ1) is 9.85. The Morgan fingerprint density at radius 3 is 2.60 bits per heavy atom. The fraction of sp³-hybridized carbons (Fsp3) is 0.750. The van der Waals surface area contributed by atoms with Crippen LogP contribution in [0.3, 0.4) is 0 Å². The van der Waals surface area contributed by atoms with E-state index in [0.29, 0.717) is 0 Å². The van der Waals surface area contributed by atoms with E-state index < -0.39 is 0 Å². The summed E-state index contributed by atoms with van der Waals surface area (Å²) in [6.07, 6.45) is 4.01. The van der Waals surface area contributed by atoms with Crippen molar-refractivity contribution in [1.82, 2.24) is 15.1 Å². The summed E-state index contributed by atoms with van der Waals surface area (Å²) in [5, 5.41) is 3.38. The third-order valence-corrected chi connectivity index (χ3v) is 4.29. The van der Waals surface area contributed by atoms with Crippen LogP contribution in [0.2, 0.25) is 0 Å². The lowest BCUT2D eigenvalue weighted by Crippen LogP contribution is -2.46. The molecule has 2 aliphatic rings. The van der Waals surface area contributed by atoms with E-state index in [0.717, 1.165) is 37.2 Å². The molecule has 0 spiro atoms. The van der Waals surface area contributed by atoms with Gasteiger partial charge in [0, 0.05) is 32.2 Å². The van der Waals surface area contributed by atoms with Crippen LogP contribution in [0.1, 0.15) is 37.7 Å². The molecule has 1 saturated carbocycles. The van der Waals surface area contributed by atoms with Crippen LogP contribution in [0.5, 0.6) is 0 Å². The van der Waals surface area contributed by atoms with Crippen molar-refractivity contribution in [3.8, 4) is 0 Å². The van der Waals surface area contributed by atoms with E-state index in [2.05, 4.69) is 34.2 Å². The summed E-state index contributed by atoms with van der Waals surface area (Å²) in [6.45, 7) is 9.88. The Kier molecular flexibility index (Phi) is 4.76. The minimum atomic E-state index is 0.850. The smallest absolute Gasteiger partial charge is 0.118 e. The molecule has 0 aromatic carbocycles. The van der Waals surface area contributed by atoms with Crippen molar-refractivity contribution in [3.05, 3.63) is 23.7 Å². The molecule has 20 heavy (non-hydrogen) atoms. The van der Waals surface area contributed by atoms with Gasteiger partial charge < -0.3 is 9.73 Å². The molecular weight excluding hydrogens is 250 g/mol. The highest BCUT2D eigenvalue weighted by molar-refractivity contribution is 5.07. The molecule has 0 bridgehead atoms. The maximum absolute atomic E-state index is 5.90. The summed E-state index contributed by atoms with van der Waals surface area (Å²) in [4.78, 5) is 5.17. The fourth-order valence-electron chi connectivity index (χ4n) is 2.94. The van der Waals surface area contributed by atoms with Crippen LogP contribution in [0.25, 0.3) is 0 Å². The lowest BCUT2D eigenvalue weighted by molar-refractivity contribution is 0.115. The first-order valence-electron chi connectivity index (χ1n) is 8.10. The largest absolute Gasteiger partial charge is 0.463 e. The molecule has 4 nitrogen and oxygen atoms in total. The van der Waals surface area contributed by atoms with Crippen LogP contribution in [0.4, 0.5) is 0 Å². The predicted molar refractivity (Wildman–Crippen MR) is 80.6 cm³/mol. The third-order valence-electron chi connectivity index (χ3n) is 4.29. The highest BCUT2D eigenvalue weighted by atomic mass is 16.3. The standard InChI is InChI=1S/C16H27N3O/c1-2-7-17-12-15-5-6-16(20-15)13-18-8-10-19(11-9-18)14-3-4-14/h5-6,14,17H,2-4,7-13H2,1H3. The molecule has 3 rings (SSSR count). The average Bonchev–Trinajstić information content (AvgIpc) is 3.22. The topological polar surface area (TPSA) is 31.6 Å². The molecule has 1 aromatic heterocycles. The lowest BCUT2D eigenvalue weighted by Gasteiger charge is -2.34. The van der Waals surface area contributed by atoms with Crippen molar-refractivity contribution in [2.24, 2.45) is 0 Å². The molecule has 2 fully saturated rings. The number of hydrogen-bond acceptors (Lipinski definition) is 4. The Balaban J connectivity index is 1.41. The van der Waals surface area contributed by atoms with Gasteiger partial charge in [-0.2, -0.15) is 0 Å². The van der Waals surface area contributed by atoms with Crippen molar-refractivity contribution in [1.29, 1.82) is 0 Å². The van der Waals surface area contributed by atoms with Gasteiger partial charge in [0.2, 0.25) is 0 Å². The van der Waals surface area contributed by atoms with E-state index in [4.69, 9.17) is 4.42 Å². The summed E-state index contributed by atoms with van der Waals surface area (Å²) in [5.74, 6) is 2.17. The zero-order chi connectivity index (χ0) is 13.8. The molecule has 1 aliphatic carbocycles. The van der Waals surface area contributed by atoms with E-state index in [9.17, 15) is 0 Å². The summed E-state index contributed by atoms with van der Waals surface area (Å²) in [7, 11) is 0. The Morgan fingerprint density at radius 2 is 1.90 bits per heavy atom. The normalized spacial score (nSPS) is 21.4. The first kappa shape index (κ1) is 14.1. The van der Waals surface area contributed by atoms with E-state index in [1.165, 1.54) is 45.4 Å². The lowest BCUT2D eigenvalue weighted by atomic mass is 10.3. The van der Waals surface area contributed by atoms with E-state index in [1.54, 1.807) is 0 Å². The monoisotopic (exact) mass is 277 g/mol. The van der Waals surface area contributed by atoms with Gasteiger partial charge in [-0.15, -0.1) is 0 Å². The van der Waals surface area contributed by atoms with E-state index in [1.807, 2.05) is 0 Å². The zero-order valence-electron chi connectivity index (χ0n) is 12.6. The van der Waals surface area contributed by atoms with Gasteiger partial charge in [-0.25, -0.2) is 0 Å². The van der Waals surface area contributed by atoms with Gasteiger partial charge in [-0.05, 0) is 37.9 Å². The molecular formula is C16H27N3O. The molecule has 1 aliphatic heterocycles. The molecule has 0 atom stereocenters.